The topological polar surface area (TPSA) is 101 Å². The standard InChI is InChI=1S/C16H13N5O2/c1-10-6-8-11(9-7-10)14(22)12-4-2-3-5-13(12)15(23)17-16-18-20-21-19-16/h2-9H,1H3,(H2,17,18,19,20,21,23). The second-order valence-electron chi connectivity index (χ2n) is 4.93. The van der Waals surface area contributed by atoms with Gasteiger partial charge in [0.05, 0.1) is 5.56 Å². The molecule has 7 nitrogen and oxygen atoms in total. The lowest BCUT2D eigenvalue weighted by Gasteiger charge is -2.08. The van der Waals surface area contributed by atoms with E-state index in [0.717, 1.165) is 5.56 Å². The first kappa shape index (κ1) is 14.6. The quantitative estimate of drug-likeness (QED) is 0.718. The number of anilines is 1. The van der Waals surface area contributed by atoms with Crippen LogP contribution in [0.1, 0.15) is 31.8 Å². The van der Waals surface area contributed by atoms with Gasteiger partial charge in [-0.2, -0.15) is 5.21 Å². The highest BCUT2D eigenvalue weighted by Crippen LogP contribution is 2.16. The van der Waals surface area contributed by atoms with E-state index in [1.165, 1.54) is 0 Å². The minimum atomic E-state index is -0.470. The number of aryl methyl sites for hydroxylation is 1. The van der Waals surface area contributed by atoms with Gasteiger partial charge in [0.15, 0.2) is 5.78 Å². The zero-order chi connectivity index (χ0) is 16.2. The summed E-state index contributed by atoms with van der Waals surface area (Å²) in [6.07, 6.45) is 0. The van der Waals surface area contributed by atoms with Crippen molar-refractivity contribution in [3.8, 4) is 0 Å². The van der Waals surface area contributed by atoms with Crippen LogP contribution in [0.4, 0.5) is 5.95 Å². The van der Waals surface area contributed by atoms with Gasteiger partial charge >= 0.3 is 0 Å². The molecule has 0 unspecified atom stereocenters. The fourth-order valence-corrected chi connectivity index (χ4v) is 2.12. The molecule has 0 aliphatic heterocycles. The van der Waals surface area contributed by atoms with Crippen LogP contribution in [0.2, 0.25) is 0 Å². The van der Waals surface area contributed by atoms with Gasteiger partial charge in [-0.05, 0) is 18.2 Å². The summed E-state index contributed by atoms with van der Waals surface area (Å²) in [7, 11) is 0. The fourth-order valence-electron chi connectivity index (χ4n) is 2.12. The number of carbonyl (C=O) groups excluding carboxylic acids is 2. The molecule has 0 fully saturated rings. The average molecular weight is 307 g/mol. The summed E-state index contributed by atoms with van der Waals surface area (Å²) >= 11 is 0. The molecular formula is C16H13N5O2. The van der Waals surface area contributed by atoms with Crippen molar-refractivity contribution in [2.45, 2.75) is 6.92 Å². The molecule has 0 saturated carbocycles. The summed E-state index contributed by atoms with van der Waals surface area (Å²) in [4.78, 5) is 25.0. The normalized spacial score (nSPS) is 10.3. The van der Waals surface area contributed by atoms with Crippen LogP contribution in [-0.2, 0) is 0 Å². The molecule has 0 bridgehead atoms. The Morgan fingerprint density at radius 1 is 1.00 bits per heavy atom. The molecule has 0 aliphatic carbocycles. The van der Waals surface area contributed by atoms with E-state index in [1.54, 1.807) is 36.4 Å². The van der Waals surface area contributed by atoms with E-state index >= 15 is 0 Å². The van der Waals surface area contributed by atoms with Crippen LogP contribution in [-0.4, -0.2) is 32.3 Å². The zero-order valence-electron chi connectivity index (χ0n) is 12.3. The van der Waals surface area contributed by atoms with Gasteiger partial charge in [-0.1, -0.05) is 53.1 Å². The highest BCUT2D eigenvalue weighted by molar-refractivity contribution is 6.17. The highest BCUT2D eigenvalue weighted by atomic mass is 16.2. The van der Waals surface area contributed by atoms with Crippen LogP contribution in [0, 0.1) is 6.92 Å². The molecule has 114 valence electrons. The molecule has 3 aromatic rings. The van der Waals surface area contributed by atoms with E-state index in [-0.39, 0.29) is 17.3 Å². The average Bonchev–Trinajstić information content (AvgIpc) is 3.08. The molecule has 2 aromatic carbocycles. The molecular weight excluding hydrogens is 294 g/mol. The van der Waals surface area contributed by atoms with Gasteiger partial charge in [-0.3, -0.25) is 14.9 Å². The van der Waals surface area contributed by atoms with E-state index in [1.807, 2.05) is 19.1 Å². The SMILES string of the molecule is Cc1ccc(C(=O)c2ccccc2C(=O)Nc2nn[nH]n2)cc1. The maximum atomic E-state index is 12.7. The maximum absolute atomic E-state index is 12.7. The first-order chi connectivity index (χ1) is 11.1. The van der Waals surface area contributed by atoms with Gasteiger partial charge < -0.3 is 0 Å². The minimum absolute atomic E-state index is 0.0487. The fraction of sp³-hybridized carbons (Fsp3) is 0.0625. The van der Waals surface area contributed by atoms with Crippen molar-refractivity contribution in [2.24, 2.45) is 0 Å². The summed E-state index contributed by atoms with van der Waals surface area (Å²) < 4.78 is 0. The number of rotatable bonds is 4. The predicted octanol–water partition coefficient (Wildman–Crippen LogP) is 1.99. The third-order valence-corrected chi connectivity index (χ3v) is 3.30. The van der Waals surface area contributed by atoms with E-state index in [9.17, 15) is 9.59 Å². The van der Waals surface area contributed by atoms with Crippen molar-refractivity contribution in [1.29, 1.82) is 0 Å². The molecule has 0 aliphatic rings. The zero-order valence-corrected chi connectivity index (χ0v) is 12.3. The van der Waals surface area contributed by atoms with Crippen molar-refractivity contribution in [2.75, 3.05) is 5.32 Å². The van der Waals surface area contributed by atoms with Gasteiger partial charge in [0.1, 0.15) is 0 Å². The number of H-pyrrole nitrogens is 1. The van der Waals surface area contributed by atoms with Crippen LogP contribution in [0.15, 0.2) is 48.5 Å². The van der Waals surface area contributed by atoms with Crippen molar-refractivity contribution in [1.82, 2.24) is 20.6 Å². The number of aromatic nitrogens is 4. The van der Waals surface area contributed by atoms with E-state index < -0.39 is 5.91 Å². The van der Waals surface area contributed by atoms with Crippen LogP contribution < -0.4 is 5.32 Å². The number of nitrogens with one attached hydrogen (secondary N) is 2. The lowest BCUT2D eigenvalue weighted by atomic mass is 9.97. The van der Waals surface area contributed by atoms with Crippen molar-refractivity contribution >= 4 is 17.6 Å². The smallest absolute Gasteiger partial charge is 0.270 e. The van der Waals surface area contributed by atoms with Gasteiger partial charge in [0.25, 0.3) is 11.9 Å². The summed E-state index contributed by atoms with van der Waals surface area (Å²) in [6, 6.07) is 13.8. The molecule has 23 heavy (non-hydrogen) atoms. The molecule has 3 rings (SSSR count). The first-order valence-electron chi connectivity index (χ1n) is 6.90. The third-order valence-electron chi connectivity index (χ3n) is 3.30. The lowest BCUT2D eigenvalue weighted by molar-refractivity contribution is 0.0995. The Hall–Kier alpha value is -3.35. The Morgan fingerprint density at radius 2 is 1.70 bits per heavy atom. The minimum Gasteiger partial charge on any atom is -0.289 e. The summed E-state index contributed by atoms with van der Waals surface area (Å²) in [5.41, 5.74) is 2.15. The number of hydrogen-bond donors (Lipinski definition) is 2. The molecule has 2 N–H and O–H groups in total. The van der Waals surface area contributed by atoms with Crippen molar-refractivity contribution < 1.29 is 9.59 Å². The molecule has 0 atom stereocenters. The largest absolute Gasteiger partial charge is 0.289 e. The maximum Gasteiger partial charge on any atom is 0.270 e. The monoisotopic (exact) mass is 307 g/mol. The predicted molar refractivity (Wildman–Crippen MR) is 83.2 cm³/mol. The first-order valence-corrected chi connectivity index (χ1v) is 6.90. The molecule has 1 amide bonds. The number of benzene rings is 2. The lowest BCUT2D eigenvalue weighted by Crippen LogP contribution is -2.17. The number of hydrogen-bond acceptors (Lipinski definition) is 5. The number of tetrazole rings is 1. The van der Waals surface area contributed by atoms with Gasteiger partial charge in [-0.25, -0.2) is 0 Å². The van der Waals surface area contributed by atoms with Crippen LogP contribution in [0.3, 0.4) is 0 Å². The molecule has 7 heteroatoms. The molecule has 0 radical (unpaired) electrons. The van der Waals surface area contributed by atoms with Gasteiger partial charge in [0, 0.05) is 11.1 Å². The van der Waals surface area contributed by atoms with Crippen molar-refractivity contribution in [3.63, 3.8) is 0 Å². The second kappa shape index (κ2) is 6.18. The summed E-state index contributed by atoms with van der Waals surface area (Å²) in [5, 5.41) is 15.4. The molecule has 1 heterocycles. The highest BCUT2D eigenvalue weighted by Gasteiger charge is 2.18. The third kappa shape index (κ3) is 3.13. The van der Waals surface area contributed by atoms with E-state index in [0.29, 0.717) is 11.1 Å². The Labute approximate surface area is 131 Å². The van der Waals surface area contributed by atoms with E-state index in [2.05, 4.69) is 25.9 Å². The Bertz CT molecular complexity index is 841. The van der Waals surface area contributed by atoms with Crippen LogP contribution in [0.25, 0.3) is 0 Å². The van der Waals surface area contributed by atoms with Crippen LogP contribution in [0.5, 0.6) is 0 Å². The van der Waals surface area contributed by atoms with Crippen LogP contribution >= 0.6 is 0 Å². The van der Waals surface area contributed by atoms with Crippen molar-refractivity contribution in [3.05, 3.63) is 70.8 Å². The number of ketones is 1. The number of aromatic amines is 1. The second-order valence-corrected chi connectivity index (χ2v) is 4.93. The van der Waals surface area contributed by atoms with Gasteiger partial charge in [-0.15, -0.1) is 5.10 Å². The van der Waals surface area contributed by atoms with E-state index in [4.69, 9.17) is 0 Å². The summed E-state index contributed by atoms with van der Waals surface area (Å²) in [6.45, 7) is 1.95. The Morgan fingerprint density at radius 3 is 2.35 bits per heavy atom. The Balaban J connectivity index is 1.92. The van der Waals surface area contributed by atoms with Gasteiger partial charge in [0.2, 0.25) is 0 Å². The Kier molecular flexibility index (Phi) is 3.92. The summed E-state index contributed by atoms with van der Waals surface area (Å²) in [5.74, 6) is -0.640. The number of carbonyl (C=O) groups is 2. The molecule has 1 aromatic heterocycles. The number of amides is 1. The molecule has 0 saturated heterocycles. The molecule has 0 spiro atoms. The number of nitrogens with zero attached hydrogens (tertiary/aromatic N) is 3.